The SMILES string of the molecule is O=CNc1nc(C(=NOC2CCCC2)C(=O)O)ns1. The van der Waals surface area contributed by atoms with Crippen molar-refractivity contribution in [1.82, 2.24) is 9.36 Å². The van der Waals surface area contributed by atoms with Crippen LogP contribution in [-0.2, 0) is 14.4 Å². The Kier molecular flexibility index (Phi) is 4.39. The molecule has 1 aromatic heterocycles. The highest BCUT2D eigenvalue weighted by Crippen LogP contribution is 2.21. The standard InChI is InChI=1S/C10H12N4O4S/c15-5-11-10-12-8(14-19-10)7(9(16)17)13-18-6-3-1-2-4-6/h5-6H,1-4H2,(H,16,17)(H,11,12,14,15). The molecular formula is C10H12N4O4S. The van der Waals surface area contributed by atoms with Gasteiger partial charge in [-0.05, 0) is 25.7 Å². The second-order valence-corrected chi connectivity index (χ2v) is 4.69. The van der Waals surface area contributed by atoms with E-state index in [-0.39, 0.29) is 22.8 Å². The van der Waals surface area contributed by atoms with Crippen LogP contribution in [0.1, 0.15) is 31.5 Å². The van der Waals surface area contributed by atoms with Gasteiger partial charge in [-0.25, -0.2) is 4.79 Å². The molecule has 0 unspecified atom stereocenters. The van der Waals surface area contributed by atoms with E-state index in [1.54, 1.807) is 0 Å². The van der Waals surface area contributed by atoms with Crippen LogP contribution in [0.15, 0.2) is 5.16 Å². The van der Waals surface area contributed by atoms with E-state index in [9.17, 15) is 9.59 Å². The van der Waals surface area contributed by atoms with Crippen LogP contribution >= 0.6 is 11.5 Å². The van der Waals surface area contributed by atoms with Crippen LogP contribution in [0.4, 0.5) is 5.13 Å². The summed E-state index contributed by atoms with van der Waals surface area (Å²) < 4.78 is 3.82. The van der Waals surface area contributed by atoms with E-state index in [4.69, 9.17) is 9.94 Å². The Bertz CT molecular complexity index is 495. The number of aromatic nitrogens is 2. The minimum absolute atomic E-state index is 0.0412. The van der Waals surface area contributed by atoms with Crippen molar-refractivity contribution >= 4 is 34.8 Å². The fourth-order valence-electron chi connectivity index (χ4n) is 1.73. The number of oxime groups is 1. The number of rotatable bonds is 6. The van der Waals surface area contributed by atoms with Crippen molar-refractivity contribution in [3.8, 4) is 0 Å². The fraction of sp³-hybridized carbons (Fsp3) is 0.500. The molecule has 0 radical (unpaired) electrons. The zero-order chi connectivity index (χ0) is 13.7. The van der Waals surface area contributed by atoms with E-state index in [1.165, 1.54) is 0 Å². The van der Waals surface area contributed by atoms with E-state index >= 15 is 0 Å². The van der Waals surface area contributed by atoms with Crippen molar-refractivity contribution in [2.45, 2.75) is 31.8 Å². The van der Waals surface area contributed by atoms with Gasteiger partial charge in [0.05, 0.1) is 0 Å². The second-order valence-electron chi connectivity index (χ2n) is 3.94. The summed E-state index contributed by atoms with van der Waals surface area (Å²) in [6.45, 7) is 0. The van der Waals surface area contributed by atoms with Crippen LogP contribution in [0, 0.1) is 0 Å². The zero-order valence-corrected chi connectivity index (χ0v) is 10.7. The summed E-state index contributed by atoms with van der Waals surface area (Å²) in [4.78, 5) is 30.4. The highest BCUT2D eigenvalue weighted by molar-refractivity contribution is 7.10. The molecule has 1 aromatic rings. The topological polar surface area (TPSA) is 114 Å². The third-order valence-electron chi connectivity index (χ3n) is 2.62. The Hall–Kier alpha value is -2.03. The van der Waals surface area contributed by atoms with Gasteiger partial charge in [-0.15, -0.1) is 0 Å². The van der Waals surface area contributed by atoms with Gasteiger partial charge in [-0.2, -0.15) is 9.36 Å². The normalized spacial score (nSPS) is 16.3. The Morgan fingerprint density at radius 2 is 2.26 bits per heavy atom. The molecule has 0 atom stereocenters. The number of nitrogens with one attached hydrogen (secondary N) is 1. The van der Waals surface area contributed by atoms with Gasteiger partial charge in [0.2, 0.25) is 23.1 Å². The number of anilines is 1. The van der Waals surface area contributed by atoms with Crippen LogP contribution < -0.4 is 5.32 Å². The number of nitrogens with zero attached hydrogens (tertiary/aromatic N) is 3. The van der Waals surface area contributed by atoms with Crippen LogP contribution in [0.5, 0.6) is 0 Å². The van der Waals surface area contributed by atoms with Gasteiger partial charge in [0.15, 0.2) is 0 Å². The lowest BCUT2D eigenvalue weighted by atomic mass is 10.3. The molecule has 0 saturated heterocycles. The first-order valence-electron chi connectivity index (χ1n) is 5.72. The van der Waals surface area contributed by atoms with Crippen molar-refractivity contribution in [2.24, 2.45) is 5.16 Å². The lowest BCUT2D eigenvalue weighted by molar-refractivity contribution is -0.129. The van der Waals surface area contributed by atoms with Crippen molar-refractivity contribution < 1.29 is 19.5 Å². The quantitative estimate of drug-likeness (QED) is 0.455. The van der Waals surface area contributed by atoms with Gasteiger partial charge in [-0.1, -0.05) is 5.16 Å². The Morgan fingerprint density at radius 1 is 1.53 bits per heavy atom. The third kappa shape index (κ3) is 3.47. The highest BCUT2D eigenvalue weighted by atomic mass is 32.1. The first kappa shape index (κ1) is 13.4. The van der Waals surface area contributed by atoms with Gasteiger partial charge >= 0.3 is 5.97 Å². The molecule has 1 heterocycles. The molecule has 0 spiro atoms. The molecule has 1 aliphatic rings. The number of hydrogen-bond donors (Lipinski definition) is 2. The predicted molar refractivity (Wildman–Crippen MR) is 67.1 cm³/mol. The molecule has 0 aromatic carbocycles. The molecule has 19 heavy (non-hydrogen) atoms. The molecule has 2 N–H and O–H groups in total. The van der Waals surface area contributed by atoms with Crippen LogP contribution in [-0.4, -0.2) is 38.7 Å². The summed E-state index contributed by atoms with van der Waals surface area (Å²) in [7, 11) is 0. The van der Waals surface area contributed by atoms with Gasteiger partial charge < -0.3 is 15.3 Å². The minimum atomic E-state index is -1.27. The maximum atomic E-state index is 11.1. The Morgan fingerprint density at radius 3 is 2.89 bits per heavy atom. The average molecular weight is 284 g/mol. The van der Waals surface area contributed by atoms with Crippen LogP contribution in [0.3, 0.4) is 0 Å². The molecule has 9 heteroatoms. The molecule has 0 bridgehead atoms. The van der Waals surface area contributed by atoms with E-state index in [0.29, 0.717) is 6.41 Å². The zero-order valence-electron chi connectivity index (χ0n) is 9.90. The molecule has 0 aliphatic heterocycles. The van der Waals surface area contributed by atoms with Crippen LogP contribution in [0.25, 0.3) is 0 Å². The number of carbonyl (C=O) groups is 2. The molecule has 8 nitrogen and oxygen atoms in total. The monoisotopic (exact) mass is 284 g/mol. The van der Waals surface area contributed by atoms with Gasteiger partial charge in [0.1, 0.15) is 6.10 Å². The average Bonchev–Trinajstić information content (AvgIpc) is 3.01. The first-order chi connectivity index (χ1) is 9.20. The molecule has 1 saturated carbocycles. The largest absolute Gasteiger partial charge is 0.476 e. The van der Waals surface area contributed by atoms with E-state index in [1.807, 2.05) is 0 Å². The smallest absolute Gasteiger partial charge is 0.362 e. The molecule has 1 amide bonds. The number of hydrogen-bond acceptors (Lipinski definition) is 7. The second kappa shape index (κ2) is 6.23. The summed E-state index contributed by atoms with van der Waals surface area (Å²) in [5.74, 6) is -1.34. The fourth-order valence-corrected chi connectivity index (χ4v) is 2.25. The highest BCUT2D eigenvalue weighted by Gasteiger charge is 2.22. The third-order valence-corrected chi connectivity index (χ3v) is 3.26. The first-order valence-corrected chi connectivity index (χ1v) is 6.49. The van der Waals surface area contributed by atoms with E-state index < -0.39 is 5.97 Å². The van der Waals surface area contributed by atoms with Crippen molar-refractivity contribution in [3.05, 3.63) is 5.82 Å². The summed E-state index contributed by atoms with van der Waals surface area (Å²) >= 11 is 0.875. The molecule has 2 rings (SSSR count). The Labute approximate surface area is 112 Å². The van der Waals surface area contributed by atoms with E-state index in [0.717, 1.165) is 37.2 Å². The summed E-state index contributed by atoms with van der Waals surface area (Å²) in [5.41, 5.74) is -0.359. The molecule has 1 fully saturated rings. The van der Waals surface area contributed by atoms with Gasteiger partial charge in [-0.3, -0.25) is 4.79 Å². The lowest BCUT2D eigenvalue weighted by Gasteiger charge is -2.06. The van der Waals surface area contributed by atoms with Crippen molar-refractivity contribution in [1.29, 1.82) is 0 Å². The number of carboxylic acids is 1. The maximum absolute atomic E-state index is 11.1. The number of amides is 1. The summed E-state index contributed by atoms with van der Waals surface area (Å²) in [6.07, 6.45) is 4.27. The van der Waals surface area contributed by atoms with E-state index in [2.05, 4.69) is 19.8 Å². The van der Waals surface area contributed by atoms with Gasteiger partial charge in [0, 0.05) is 11.5 Å². The number of aliphatic carboxylic acids is 1. The summed E-state index contributed by atoms with van der Waals surface area (Å²) in [5, 5.41) is 15.2. The van der Waals surface area contributed by atoms with Gasteiger partial charge in [0.25, 0.3) is 0 Å². The molecular weight excluding hydrogens is 272 g/mol. The van der Waals surface area contributed by atoms with Crippen molar-refractivity contribution in [3.63, 3.8) is 0 Å². The number of carbonyl (C=O) groups excluding carboxylic acids is 1. The Balaban J connectivity index is 2.11. The molecule has 102 valence electrons. The lowest BCUT2D eigenvalue weighted by Crippen LogP contribution is -2.18. The molecule has 1 aliphatic carbocycles. The minimum Gasteiger partial charge on any atom is -0.476 e. The summed E-state index contributed by atoms with van der Waals surface area (Å²) in [6, 6.07) is 0. The predicted octanol–water partition coefficient (Wildman–Crippen LogP) is 0.854. The maximum Gasteiger partial charge on any atom is 0.362 e. The van der Waals surface area contributed by atoms with Crippen LogP contribution in [0.2, 0.25) is 0 Å². The van der Waals surface area contributed by atoms with Crippen molar-refractivity contribution in [2.75, 3.05) is 5.32 Å². The number of carboxylic acid groups (broad SMARTS) is 1.